The van der Waals surface area contributed by atoms with Crippen LogP contribution >= 0.6 is 12.6 Å². The molecule has 0 aliphatic rings. The van der Waals surface area contributed by atoms with Crippen molar-refractivity contribution >= 4 is 17.7 Å². The molecule has 0 aromatic carbocycles. The molecule has 5 nitrogen and oxygen atoms in total. The Kier molecular flexibility index (Phi) is 36.2. The Morgan fingerprint density at radius 2 is 0.717 bits per heavy atom. The van der Waals surface area contributed by atoms with Crippen LogP contribution in [-0.4, -0.2) is 52.0 Å². The van der Waals surface area contributed by atoms with Gasteiger partial charge in [0.05, 0.1) is 31.8 Å². The van der Waals surface area contributed by atoms with E-state index in [-0.39, 0.29) is 10.5 Å². The predicted octanol–water partition coefficient (Wildman–Crippen LogP) is 11.0. The summed E-state index contributed by atoms with van der Waals surface area (Å²) in [5.41, 5.74) is -1.29. The predicted molar refractivity (Wildman–Crippen MR) is 203 cm³/mol. The van der Waals surface area contributed by atoms with Crippen LogP contribution in [0, 0.1) is 16.7 Å². The van der Waals surface area contributed by atoms with Crippen molar-refractivity contribution in [2.24, 2.45) is 16.7 Å². The Labute approximate surface area is 292 Å². The zero-order chi connectivity index (χ0) is 34.8. The van der Waals surface area contributed by atoms with Gasteiger partial charge in [-0.25, -0.2) is 0 Å². The third-order valence-electron chi connectivity index (χ3n) is 10.3. The Morgan fingerprint density at radius 1 is 0.457 bits per heavy atom. The van der Waals surface area contributed by atoms with Crippen molar-refractivity contribution in [3.63, 3.8) is 0 Å². The molecule has 0 amide bonds. The smallest absolute Gasteiger partial charge is 0.192 e. The number of aliphatic hydroxyl groups excluding tert-OH is 4. The summed E-state index contributed by atoms with van der Waals surface area (Å²) in [5, 5.41) is 34.2. The van der Waals surface area contributed by atoms with Gasteiger partial charge in [-0.3, -0.25) is 4.79 Å². The zero-order valence-electron chi connectivity index (χ0n) is 31.3. The molecule has 0 radical (unpaired) electrons. The number of carbonyl (C=O) groups excluding carboxylic acids is 1. The monoisotopic (exact) mass is 675 g/mol. The van der Waals surface area contributed by atoms with E-state index in [9.17, 15) is 4.79 Å². The molecule has 0 saturated carbocycles. The summed E-state index contributed by atoms with van der Waals surface area (Å²) in [5.74, 6) is 0.543. The van der Waals surface area contributed by atoms with Crippen LogP contribution in [0.5, 0.6) is 0 Å². The van der Waals surface area contributed by atoms with Crippen molar-refractivity contribution in [2.75, 3.05) is 26.4 Å². The van der Waals surface area contributed by atoms with Gasteiger partial charge >= 0.3 is 0 Å². The van der Waals surface area contributed by atoms with E-state index in [1.54, 1.807) is 0 Å². The maximum absolute atomic E-state index is 13.5. The van der Waals surface area contributed by atoms with E-state index in [0.717, 1.165) is 12.8 Å². The van der Waals surface area contributed by atoms with E-state index >= 15 is 0 Å². The second kappa shape index (κ2) is 34.7. The summed E-state index contributed by atoms with van der Waals surface area (Å²) in [6.45, 7) is 7.56. The van der Waals surface area contributed by atoms with Gasteiger partial charge in [-0.1, -0.05) is 182 Å². The first-order valence-corrected chi connectivity index (χ1v) is 20.4. The molecule has 0 fully saturated rings. The van der Waals surface area contributed by atoms with Gasteiger partial charge in [-0.05, 0) is 31.6 Å². The third-order valence-corrected chi connectivity index (χ3v) is 10.8. The standard InChI is InChI=1S/C35H70OS.C5H12O4/c1-5-9-13-17-21-25-29-33(30-26-22-18-14-10-6-2)35(34(36)37,31-27-23-19-15-11-7-3)32-28-24-20-16-12-8-4;6-1-5(2-7,3-8)4-9/h33H,5-32H2,1-4H3,(H,36,37);6-9H,1-4H2. The Balaban J connectivity index is 0. The summed E-state index contributed by atoms with van der Waals surface area (Å²) >= 11 is 4.68. The number of hydrogen-bond donors (Lipinski definition) is 5. The van der Waals surface area contributed by atoms with E-state index in [1.165, 1.54) is 167 Å². The van der Waals surface area contributed by atoms with Gasteiger partial charge in [0.2, 0.25) is 0 Å². The fourth-order valence-corrected chi connectivity index (χ4v) is 7.11. The zero-order valence-corrected chi connectivity index (χ0v) is 32.2. The fraction of sp³-hybridized carbons (Fsp3) is 0.975. The molecular formula is C40H82O5S. The minimum absolute atomic E-state index is 0.175. The Bertz CT molecular complexity index is 575. The van der Waals surface area contributed by atoms with Gasteiger partial charge in [-0.15, -0.1) is 12.6 Å². The second-order valence-electron chi connectivity index (χ2n) is 14.4. The summed E-state index contributed by atoms with van der Waals surface area (Å²) in [6, 6.07) is 0. The average molecular weight is 675 g/mol. The molecule has 0 aliphatic carbocycles. The first-order chi connectivity index (χ1) is 22.3. The van der Waals surface area contributed by atoms with Gasteiger partial charge in [0.25, 0.3) is 0 Å². The normalized spacial score (nSPS) is 12.0. The molecule has 6 heteroatoms. The quantitative estimate of drug-likeness (QED) is 0.0346. The van der Waals surface area contributed by atoms with Gasteiger partial charge in [-0.2, -0.15) is 0 Å². The molecule has 4 N–H and O–H groups in total. The fourth-order valence-electron chi connectivity index (χ4n) is 6.70. The molecule has 0 spiro atoms. The molecule has 0 saturated heterocycles. The highest BCUT2D eigenvalue weighted by Crippen LogP contribution is 2.46. The lowest BCUT2D eigenvalue weighted by atomic mass is 9.65. The summed E-state index contributed by atoms with van der Waals surface area (Å²) in [7, 11) is 0. The molecular weight excluding hydrogens is 593 g/mol. The number of thiol groups is 1. The van der Waals surface area contributed by atoms with Crippen LogP contribution in [0.4, 0.5) is 0 Å². The van der Waals surface area contributed by atoms with Crippen LogP contribution in [0.3, 0.4) is 0 Å². The molecule has 46 heavy (non-hydrogen) atoms. The highest BCUT2D eigenvalue weighted by molar-refractivity contribution is 7.96. The summed E-state index contributed by atoms with van der Waals surface area (Å²) < 4.78 is 0. The van der Waals surface area contributed by atoms with Crippen LogP contribution in [0.2, 0.25) is 0 Å². The topological polar surface area (TPSA) is 98.0 Å². The largest absolute Gasteiger partial charge is 0.396 e. The maximum atomic E-state index is 13.5. The highest BCUT2D eigenvalue weighted by Gasteiger charge is 2.42. The molecule has 0 bridgehead atoms. The number of hydrogen-bond acceptors (Lipinski definition) is 5. The number of rotatable bonds is 34. The van der Waals surface area contributed by atoms with E-state index in [2.05, 4.69) is 40.3 Å². The summed E-state index contributed by atoms with van der Waals surface area (Å²) in [6.07, 6.45) is 36.6. The van der Waals surface area contributed by atoms with E-state index in [0.29, 0.717) is 5.92 Å². The molecule has 0 aromatic rings. The first-order valence-electron chi connectivity index (χ1n) is 20.0. The molecule has 0 rings (SSSR count). The minimum atomic E-state index is -1.11. The SMILES string of the molecule is CCCCCCCCC(CCCCCCCC)C(CCCCCCCC)(CCCCCCCC)C(=O)S.OCC(CO)(CO)CO. The van der Waals surface area contributed by atoms with E-state index < -0.39 is 31.8 Å². The Hall–Kier alpha value is -0.140. The van der Waals surface area contributed by atoms with Crippen LogP contribution in [0.15, 0.2) is 0 Å². The number of carbonyl (C=O) groups is 1. The first kappa shape index (κ1) is 48.0. The van der Waals surface area contributed by atoms with Crippen molar-refractivity contribution in [1.29, 1.82) is 0 Å². The summed E-state index contributed by atoms with van der Waals surface area (Å²) in [4.78, 5) is 13.5. The molecule has 0 aliphatic heterocycles. The van der Waals surface area contributed by atoms with Crippen molar-refractivity contribution in [2.45, 2.75) is 207 Å². The van der Waals surface area contributed by atoms with E-state index in [4.69, 9.17) is 20.4 Å². The van der Waals surface area contributed by atoms with E-state index in [1.807, 2.05) is 0 Å². The lowest BCUT2D eigenvalue weighted by Gasteiger charge is -2.39. The van der Waals surface area contributed by atoms with Gasteiger partial charge in [0, 0.05) is 5.41 Å². The average Bonchev–Trinajstić information content (AvgIpc) is 3.07. The molecule has 278 valence electrons. The van der Waals surface area contributed by atoms with Gasteiger partial charge in [0.1, 0.15) is 0 Å². The molecule has 0 aromatic heterocycles. The van der Waals surface area contributed by atoms with Crippen LogP contribution in [-0.2, 0) is 4.79 Å². The lowest BCUT2D eigenvalue weighted by molar-refractivity contribution is -0.124. The maximum Gasteiger partial charge on any atom is 0.192 e. The number of aliphatic hydroxyl groups is 4. The molecule has 0 heterocycles. The lowest BCUT2D eigenvalue weighted by Crippen LogP contribution is -2.37. The highest BCUT2D eigenvalue weighted by atomic mass is 32.1. The van der Waals surface area contributed by atoms with Crippen molar-refractivity contribution in [3.05, 3.63) is 0 Å². The van der Waals surface area contributed by atoms with Crippen LogP contribution in [0.1, 0.15) is 207 Å². The third kappa shape index (κ3) is 24.1. The van der Waals surface area contributed by atoms with Gasteiger partial charge < -0.3 is 20.4 Å². The second-order valence-corrected chi connectivity index (χ2v) is 14.8. The van der Waals surface area contributed by atoms with Crippen molar-refractivity contribution in [3.8, 4) is 0 Å². The van der Waals surface area contributed by atoms with Crippen molar-refractivity contribution < 1.29 is 25.2 Å². The Morgan fingerprint density at radius 3 is 0.957 bits per heavy atom. The number of unbranched alkanes of at least 4 members (excludes halogenated alkanes) is 20. The van der Waals surface area contributed by atoms with Gasteiger partial charge in [0.15, 0.2) is 5.12 Å². The molecule has 0 atom stereocenters. The van der Waals surface area contributed by atoms with Crippen LogP contribution in [0.25, 0.3) is 0 Å². The molecule has 0 unspecified atom stereocenters. The minimum Gasteiger partial charge on any atom is -0.396 e. The van der Waals surface area contributed by atoms with Crippen molar-refractivity contribution in [1.82, 2.24) is 0 Å². The van der Waals surface area contributed by atoms with Crippen LogP contribution < -0.4 is 0 Å².